The fourth-order valence-corrected chi connectivity index (χ4v) is 3.87. The third-order valence-corrected chi connectivity index (χ3v) is 5.36. The fraction of sp³-hybridized carbons (Fsp3) is 0.600. The SMILES string of the molecule is C[C@H]1CCCCN1CCCNC(=O)c1ccccc1N1CCCC1=O. The van der Waals surface area contributed by atoms with E-state index in [-0.39, 0.29) is 11.8 Å². The van der Waals surface area contributed by atoms with Crippen LogP contribution in [-0.2, 0) is 4.79 Å². The van der Waals surface area contributed by atoms with Crippen molar-refractivity contribution < 1.29 is 9.59 Å². The van der Waals surface area contributed by atoms with E-state index in [0.717, 1.165) is 25.1 Å². The number of para-hydroxylation sites is 1. The minimum Gasteiger partial charge on any atom is -0.352 e. The highest BCUT2D eigenvalue weighted by molar-refractivity contribution is 6.05. The van der Waals surface area contributed by atoms with Gasteiger partial charge in [-0.25, -0.2) is 0 Å². The van der Waals surface area contributed by atoms with E-state index in [0.29, 0.717) is 31.1 Å². The van der Waals surface area contributed by atoms with E-state index >= 15 is 0 Å². The number of rotatable bonds is 6. The molecule has 2 saturated heterocycles. The second-order valence-corrected chi connectivity index (χ2v) is 7.16. The lowest BCUT2D eigenvalue weighted by molar-refractivity contribution is -0.117. The van der Waals surface area contributed by atoms with Gasteiger partial charge in [-0.2, -0.15) is 0 Å². The third-order valence-electron chi connectivity index (χ3n) is 5.36. The number of nitrogens with zero attached hydrogens (tertiary/aromatic N) is 2. The number of hydrogen-bond donors (Lipinski definition) is 1. The van der Waals surface area contributed by atoms with Gasteiger partial charge in [0.25, 0.3) is 5.91 Å². The molecule has 0 bridgehead atoms. The predicted octanol–water partition coefficient (Wildman–Crippen LogP) is 2.81. The zero-order valence-corrected chi connectivity index (χ0v) is 15.2. The first-order valence-electron chi connectivity index (χ1n) is 9.58. The van der Waals surface area contributed by atoms with Crippen molar-refractivity contribution in [2.75, 3.05) is 31.1 Å². The second-order valence-electron chi connectivity index (χ2n) is 7.16. The first-order valence-corrected chi connectivity index (χ1v) is 9.58. The molecule has 1 aromatic rings. The molecule has 3 rings (SSSR count). The summed E-state index contributed by atoms with van der Waals surface area (Å²) in [5.41, 5.74) is 1.34. The van der Waals surface area contributed by atoms with Crippen molar-refractivity contribution in [1.29, 1.82) is 0 Å². The third kappa shape index (κ3) is 4.40. The van der Waals surface area contributed by atoms with Gasteiger partial charge in [0.15, 0.2) is 0 Å². The average Bonchev–Trinajstić information content (AvgIpc) is 3.06. The Morgan fingerprint density at radius 3 is 2.80 bits per heavy atom. The van der Waals surface area contributed by atoms with Gasteiger partial charge in [0, 0.05) is 32.1 Å². The molecule has 2 amide bonds. The van der Waals surface area contributed by atoms with Crippen molar-refractivity contribution in [2.24, 2.45) is 0 Å². The highest BCUT2D eigenvalue weighted by atomic mass is 16.2. The van der Waals surface area contributed by atoms with Gasteiger partial charge < -0.3 is 15.1 Å². The largest absolute Gasteiger partial charge is 0.352 e. The van der Waals surface area contributed by atoms with Gasteiger partial charge >= 0.3 is 0 Å². The average molecular weight is 343 g/mol. The van der Waals surface area contributed by atoms with Gasteiger partial charge in [-0.1, -0.05) is 18.6 Å². The molecule has 1 N–H and O–H groups in total. The van der Waals surface area contributed by atoms with E-state index in [2.05, 4.69) is 17.1 Å². The molecule has 0 unspecified atom stereocenters. The molecule has 0 saturated carbocycles. The number of likely N-dealkylation sites (tertiary alicyclic amines) is 1. The minimum absolute atomic E-state index is 0.0815. The summed E-state index contributed by atoms with van der Waals surface area (Å²) in [6.07, 6.45) is 6.30. The first-order chi connectivity index (χ1) is 12.2. The Labute approximate surface area is 150 Å². The number of piperidine rings is 1. The number of nitrogens with one attached hydrogen (secondary N) is 1. The second kappa shape index (κ2) is 8.48. The molecule has 2 fully saturated rings. The molecule has 0 aliphatic carbocycles. The van der Waals surface area contributed by atoms with Crippen LogP contribution in [0, 0.1) is 0 Å². The quantitative estimate of drug-likeness (QED) is 0.808. The van der Waals surface area contributed by atoms with E-state index in [9.17, 15) is 9.59 Å². The highest BCUT2D eigenvalue weighted by Gasteiger charge is 2.25. The van der Waals surface area contributed by atoms with Crippen LogP contribution in [0.2, 0.25) is 0 Å². The van der Waals surface area contributed by atoms with Crippen LogP contribution in [0.1, 0.15) is 55.8 Å². The van der Waals surface area contributed by atoms with Gasteiger partial charge in [-0.3, -0.25) is 9.59 Å². The molecule has 5 heteroatoms. The zero-order valence-electron chi connectivity index (χ0n) is 15.2. The summed E-state index contributed by atoms with van der Waals surface area (Å²) in [6.45, 7) is 5.88. The van der Waals surface area contributed by atoms with Crippen molar-refractivity contribution in [2.45, 2.75) is 51.5 Å². The summed E-state index contributed by atoms with van der Waals surface area (Å²) in [5.74, 6) is 0.0290. The number of amides is 2. The molecule has 2 aliphatic rings. The van der Waals surface area contributed by atoms with E-state index in [1.165, 1.54) is 25.8 Å². The van der Waals surface area contributed by atoms with Gasteiger partial charge in [0.1, 0.15) is 0 Å². The van der Waals surface area contributed by atoms with Crippen LogP contribution < -0.4 is 10.2 Å². The molecule has 0 aromatic heterocycles. The van der Waals surface area contributed by atoms with Crippen molar-refractivity contribution in [1.82, 2.24) is 10.2 Å². The molecule has 0 radical (unpaired) electrons. The zero-order chi connectivity index (χ0) is 17.6. The Morgan fingerprint density at radius 1 is 1.20 bits per heavy atom. The summed E-state index contributed by atoms with van der Waals surface area (Å²) >= 11 is 0. The van der Waals surface area contributed by atoms with Crippen LogP contribution in [0.4, 0.5) is 5.69 Å². The number of hydrogen-bond acceptors (Lipinski definition) is 3. The minimum atomic E-state index is -0.0815. The summed E-state index contributed by atoms with van der Waals surface area (Å²) in [4.78, 5) is 28.8. The summed E-state index contributed by atoms with van der Waals surface area (Å²) in [6, 6.07) is 8.08. The smallest absolute Gasteiger partial charge is 0.253 e. The Bertz CT molecular complexity index is 617. The van der Waals surface area contributed by atoms with E-state index in [1.54, 1.807) is 4.90 Å². The van der Waals surface area contributed by atoms with Gasteiger partial charge in [0.2, 0.25) is 5.91 Å². The molecule has 5 nitrogen and oxygen atoms in total. The molecular weight excluding hydrogens is 314 g/mol. The van der Waals surface area contributed by atoms with Crippen LogP contribution in [0.3, 0.4) is 0 Å². The molecular formula is C20H29N3O2. The maximum Gasteiger partial charge on any atom is 0.253 e. The van der Waals surface area contributed by atoms with Crippen LogP contribution in [0.5, 0.6) is 0 Å². The standard InChI is InChI=1S/C20H29N3O2/c1-16-8-4-5-13-22(16)14-7-12-21-20(25)17-9-2-3-10-18(17)23-15-6-11-19(23)24/h2-3,9-10,16H,4-8,11-15H2,1H3,(H,21,25)/t16-/m0/s1. The van der Waals surface area contributed by atoms with Crippen molar-refractivity contribution in [3.8, 4) is 0 Å². The number of carbonyl (C=O) groups is 2. The normalized spacial score (nSPS) is 21.6. The highest BCUT2D eigenvalue weighted by Crippen LogP contribution is 2.25. The van der Waals surface area contributed by atoms with Gasteiger partial charge in [0.05, 0.1) is 11.3 Å². The van der Waals surface area contributed by atoms with Gasteiger partial charge in [-0.05, 0) is 51.3 Å². The summed E-state index contributed by atoms with van der Waals surface area (Å²) in [5, 5.41) is 3.03. The Morgan fingerprint density at radius 2 is 2.04 bits per heavy atom. The Hall–Kier alpha value is -1.88. The summed E-state index contributed by atoms with van der Waals surface area (Å²) < 4.78 is 0. The topological polar surface area (TPSA) is 52.7 Å². The number of anilines is 1. The summed E-state index contributed by atoms with van der Waals surface area (Å²) in [7, 11) is 0. The van der Waals surface area contributed by atoms with Gasteiger partial charge in [-0.15, -0.1) is 0 Å². The van der Waals surface area contributed by atoms with Crippen LogP contribution in [0.15, 0.2) is 24.3 Å². The van der Waals surface area contributed by atoms with E-state index < -0.39 is 0 Å². The maximum absolute atomic E-state index is 12.6. The Balaban J connectivity index is 1.52. The monoisotopic (exact) mass is 343 g/mol. The van der Waals surface area contributed by atoms with Crippen LogP contribution >= 0.6 is 0 Å². The molecule has 2 heterocycles. The molecule has 2 aliphatic heterocycles. The number of benzene rings is 1. The molecule has 1 aromatic carbocycles. The fourth-order valence-electron chi connectivity index (χ4n) is 3.87. The van der Waals surface area contributed by atoms with Crippen molar-refractivity contribution in [3.05, 3.63) is 29.8 Å². The Kier molecular flexibility index (Phi) is 6.08. The van der Waals surface area contributed by atoms with E-state index in [4.69, 9.17) is 0 Å². The molecule has 1 atom stereocenters. The molecule has 25 heavy (non-hydrogen) atoms. The van der Waals surface area contributed by atoms with E-state index in [1.807, 2.05) is 24.3 Å². The number of carbonyl (C=O) groups excluding carboxylic acids is 2. The van der Waals surface area contributed by atoms with Crippen molar-refractivity contribution in [3.63, 3.8) is 0 Å². The van der Waals surface area contributed by atoms with Crippen LogP contribution in [-0.4, -0.2) is 48.9 Å². The molecule has 136 valence electrons. The predicted molar refractivity (Wildman–Crippen MR) is 99.9 cm³/mol. The first kappa shape index (κ1) is 17.9. The lowest BCUT2D eigenvalue weighted by Gasteiger charge is -2.33. The lowest BCUT2D eigenvalue weighted by Crippen LogP contribution is -2.39. The maximum atomic E-state index is 12.6. The van der Waals surface area contributed by atoms with Crippen LogP contribution in [0.25, 0.3) is 0 Å². The van der Waals surface area contributed by atoms with Crippen molar-refractivity contribution >= 4 is 17.5 Å². The lowest BCUT2D eigenvalue weighted by atomic mass is 10.0. The molecule has 0 spiro atoms.